The third-order valence-electron chi connectivity index (χ3n) is 5.10. The van der Waals surface area contributed by atoms with E-state index in [-0.39, 0.29) is 18.0 Å². The molecular weight excluding hydrogens is 385 g/mol. The first-order valence-corrected chi connectivity index (χ1v) is 9.38. The summed E-state index contributed by atoms with van der Waals surface area (Å²) in [5, 5.41) is 18.4. The third kappa shape index (κ3) is 5.23. The first-order valence-electron chi connectivity index (χ1n) is 9.38. The van der Waals surface area contributed by atoms with Gasteiger partial charge in [0, 0.05) is 12.1 Å². The van der Waals surface area contributed by atoms with E-state index in [4.69, 9.17) is 5.73 Å². The van der Waals surface area contributed by atoms with E-state index in [9.17, 15) is 23.1 Å². The maximum atomic E-state index is 12.8. The molecule has 3 rings (SSSR count). The zero-order chi connectivity index (χ0) is 21.2. The van der Waals surface area contributed by atoms with Crippen LogP contribution in [-0.4, -0.2) is 45.7 Å². The van der Waals surface area contributed by atoms with Crippen LogP contribution in [0.5, 0.6) is 5.75 Å². The summed E-state index contributed by atoms with van der Waals surface area (Å²) >= 11 is 0. The normalized spacial score (nSPS) is 18.0. The molecule has 0 radical (unpaired) electrons. The van der Waals surface area contributed by atoms with E-state index >= 15 is 0 Å². The van der Waals surface area contributed by atoms with Crippen LogP contribution in [0.25, 0.3) is 11.3 Å². The fourth-order valence-electron chi connectivity index (χ4n) is 3.79. The highest BCUT2D eigenvalue weighted by Gasteiger charge is 2.31. The molecular formula is C20H23F3N4O2. The number of alkyl halides is 3. The maximum Gasteiger partial charge on any atom is 0.416 e. The molecule has 0 spiro atoms. The second-order valence-corrected chi connectivity index (χ2v) is 7.51. The van der Waals surface area contributed by atoms with Crippen molar-refractivity contribution in [2.75, 3.05) is 19.6 Å². The van der Waals surface area contributed by atoms with Crippen molar-refractivity contribution in [3.05, 3.63) is 41.1 Å². The van der Waals surface area contributed by atoms with Gasteiger partial charge in [-0.25, -0.2) is 0 Å². The average molecular weight is 408 g/mol. The predicted octanol–water partition coefficient (Wildman–Crippen LogP) is 2.92. The minimum absolute atomic E-state index is 0.208. The zero-order valence-corrected chi connectivity index (χ0v) is 16.0. The number of aryl methyl sites for hydroxylation is 1. The van der Waals surface area contributed by atoms with Gasteiger partial charge in [-0.2, -0.15) is 18.3 Å². The van der Waals surface area contributed by atoms with Gasteiger partial charge in [0.15, 0.2) is 0 Å². The summed E-state index contributed by atoms with van der Waals surface area (Å²) in [6.45, 7) is 3.62. The van der Waals surface area contributed by atoms with Crippen molar-refractivity contribution in [2.45, 2.75) is 32.4 Å². The van der Waals surface area contributed by atoms with Gasteiger partial charge in [0.05, 0.1) is 23.5 Å². The molecule has 1 aliphatic rings. The van der Waals surface area contributed by atoms with Crippen LogP contribution >= 0.6 is 0 Å². The average Bonchev–Trinajstić information content (AvgIpc) is 2.61. The Morgan fingerprint density at radius 1 is 1.31 bits per heavy atom. The molecule has 2 aromatic rings. The molecule has 2 heterocycles. The van der Waals surface area contributed by atoms with Crippen LogP contribution in [0.2, 0.25) is 0 Å². The van der Waals surface area contributed by atoms with Crippen LogP contribution in [0.1, 0.15) is 29.7 Å². The number of amides is 1. The molecule has 1 saturated heterocycles. The lowest BCUT2D eigenvalue weighted by molar-refractivity contribution is -0.137. The largest absolute Gasteiger partial charge is 0.507 e. The summed E-state index contributed by atoms with van der Waals surface area (Å²) in [7, 11) is 0. The molecule has 29 heavy (non-hydrogen) atoms. The van der Waals surface area contributed by atoms with Crippen molar-refractivity contribution in [1.29, 1.82) is 0 Å². The van der Waals surface area contributed by atoms with Gasteiger partial charge in [-0.05, 0) is 68.5 Å². The van der Waals surface area contributed by atoms with Crippen molar-refractivity contribution in [3.8, 4) is 17.0 Å². The van der Waals surface area contributed by atoms with E-state index in [0.717, 1.165) is 43.3 Å². The summed E-state index contributed by atoms with van der Waals surface area (Å²) in [5.74, 6) is -0.511. The number of benzene rings is 1. The highest BCUT2D eigenvalue weighted by Crippen LogP contribution is 2.36. The molecule has 9 heteroatoms. The number of primary amides is 1. The van der Waals surface area contributed by atoms with E-state index in [0.29, 0.717) is 24.1 Å². The molecule has 1 atom stereocenters. The second kappa shape index (κ2) is 8.36. The molecule has 0 aliphatic carbocycles. The highest BCUT2D eigenvalue weighted by atomic mass is 19.4. The number of carbonyl (C=O) groups excluding carboxylic acids is 1. The van der Waals surface area contributed by atoms with E-state index in [1.54, 1.807) is 6.92 Å². The number of nitrogens with zero attached hydrogens (tertiary/aromatic N) is 3. The lowest BCUT2D eigenvalue weighted by Crippen LogP contribution is -2.41. The van der Waals surface area contributed by atoms with Crippen molar-refractivity contribution in [3.63, 3.8) is 0 Å². The standard InChI is InChI=1S/C20H23F3N4O2/c1-12-7-15(8-13-3-2-6-27(10-13)11-18(24)29)25-26-19(12)16-5-4-14(9-17(16)28)20(21,22)23/h4-5,7,9,13,28H,2-3,6,8,10-11H2,1H3,(H2,24,29)/t13-/m0/s1. The topological polar surface area (TPSA) is 92.3 Å². The van der Waals surface area contributed by atoms with E-state index in [1.807, 2.05) is 11.0 Å². The van der Waals surface area contributed by atoms with E-state index in [1.165, 1.54) is 6.07 Å². The molecule has 0 saturated carbocycles. The Morgan fingerprint density at radius 2 is 2.07 bits per heavy atom. The quantitative estimate of drug-likeness (QED) is 0.794. The van der Waals surface area contributed by atoms with Crippen LogP contribution in [0.15, 0.2) is 24.3 Å². The number of phenolic OH excluding ortho intramolecular Hbond substituents is 1. The Kier molecular flexibility index (Phi) is 6.07. The van der Waals surface area contributed by atoms with Crippen LogP contribution in [0.4, 0.5) is 13.2 Å². The lowest BCUT2D eigenvalue weighted by atomic mass is 9.92. The number of aromatic nitrogens is 2. The Morgan fingerprint density at radius 3 is 2.69 bits per heavy atom. The molecule has 1 fully saturated rings. The Bertz CT molecular complexity index is 902. The minimum atomic E-state index is -4.52. The van der Waals surface area contributed by atoms with Crippen LogP contribution in [0.3, 0.4) is 0 Å². The predicted molar refractivity (Wildman–Crippen MR) is 101 cm³/mol. The summed E-state index contributed by atoms with van der Waals surface area (Å²) in [6.07, 6.45) is -1.86. The van der Waals surface area contributed by atoms with Crippen molar-refractivity contribution >= 4 is 5.91 Å². The van der Waals surface area contributed by atoms with Gasteiger partial charge in [-0.1, -0.05) is 0 Å². The molecule has 1 aromatic heterocycles. The van der Waals surface area contributed by atoms with Crippen molar-refractivity contribution in [2.24, 2.45) is 11.7 Å². The zero-order valence-electron chi connectivity index (χ0n) is 16.0. The van der Waals surface area contributed by atoms with Gasteiger partial charge in [-0.3, -0.25) is 9.69 Å². The number of hydrogen-bond acceptors (Lipinski definition) is 5. The summed E-state index contributed by atoms with van der Waals surface area (Å²) < 4.78 is 38.4. The molecule has 156 valence electrons. The first kappa shape index (κ1) is 21.0. The molecule has 1 amide bonds. The number of rotatable bonds is 5. The SMILES string of the molecule is Cc1cc(C[C@@H]2CCCN(CC(N)=O)C2)nnc1-c1ccc(C(F)(F)F)cc1O. The Hall–Kier alpha value is -2.68. The summed E-state index contributed by atoms with van der Waals surface area (Å²) in [5.41, 5.74) is 6.39. The smallest absolute Gasteiger partial charge is 0.416 e. The number of aromatic hydroxyl groups is 1. The van der Waals surface area contributed by atoms with Crippen LogP contribution in [0, 0.1) is 12.8 Å². The van der Waals surface area contributed by atoms with Crippen molar-refractivity contribution in [1.82, 2.24) is 15.1 Å². The number of hydrogen-bond donors (Lipinski definition) is 2. The number of nitrogens with two attached hydrogens (primary N) is 1. The maximum absolute atomic E-state index is 12.8. The molecule has 3 N–H and O–H groups in total. The number of halogens is 3. The first-order chi connectivity index (χ1) is 13.6. The second-order valence-electron chi connectivity index (χ2n) is 7.51. The molecule has 0 unspecified atom stereocenters. The lowest BCUT2D eigenvalue weighted by Gasteiger charge is -2.31. The summed E-state index contributed by atoms with van der Waals surface area (Å²) in [4.78, 5) is 13.2. The van der Waals surface area contributed by atoms with Gasteiger partial charge in [0.25, 0.3) is 0 Å². The van der Waals surface area contributed by atoms with E-state index < -0.39 is 17.5 Å². The molecule has 1 aliphatic heterocycles. The fourth-order valence-corrected chi connectivity index (χ4v) is 3.79. The fraction of sp³-hybridized carbons (Fsp3) is 0.450. The van der Waals surface area contributed by atoms with Gasteiger partial charge in [-0.15, -0.1) is 5.10 Å². The van der Waals surface area contributed by atoms with Gasteiger partial charge in [0.2, 0.25) is 5.91 Å². The number of phenols is 1. The monoisotopic (exact) mass is 408 g/mol. The molecule has 1 aromatic carbocycles. The van der Waals surface area contributed by atoms with Gasteiger partial charge < -0.3 is 10.8 Å². The number of likely N-dealkylation sites (tertiary alicyclic amines) is 1. The van der Waals surface area contributed by atoms with Crippen molar-refractivity contribution < 1.29 is 23.1 Å². The summed E-state index contributed by atoms with van der Waals surface area (Å²) in [6, 6.07) is 4.66. The van der Waals surface area contributed by atoms with Crippen LogP contribution < -0.4 is 5.73 Å². The number of piperidine rings is 1. The number of carbonyl (C=O) groups is 1. The van der Waals surface area contributed by atoms with E-state index in [2.05, 4.69) is 10.2 Å². The highest BCUT2D eigenvalue weighted by molar-refractivity contribution is 5.75. The Labute approximate surface area is 166 Å². The minimum Gasteiger partial charge on any atom is -0.507 e. The van der Waals surface area contributed by atoms with Gasteiger partial charge in [0.1, 0.15) is 5.75 Å². The van der Waals surface area contributed by atoms with Gasteiger partial charge >= 0.3 is 6.18 Å². The molecule has 0 bridgehead atoms. The Balaban J connectivity index is 1.75. The van der Waals surface area contributed by atoms with Crippen LogP contribution in [-0.2, 0) is 17.4 Å². The molecule has 6 nitrogen and oxygen atoms in total. The third-order valence-corrected chi connectivity index (χ3v) is 5.10.